The molecule has 3 saturated heterocycles. The molecule has 0 bridgehead atoms. The summed E-state index contributed by atoms with van der Waals surface area (Å²) in [5, 5.41) is 9.88. The number of hydrogen-bond donors (Lipinski definition) is 2. The van der Waals surface area contributed by atoms with Gasteiger partial charge in [-0.2, -0.15) is 0 Å². The van der Waals surface area contributed by atoms with Gasteiger partial charge in [0, 0.05) is 31.7 Å². The number of aryl methyl sites for hydroxylation is 1. The van der Waals surface area contributed by atoms with Crippen LogP contribution in [0, 0.1) is 12.3 Å². The van der Waals surface area contributed by atoms with Gasteiger partial charge < -0.3 is 24.8 Å². The number of likely N-dealkylation sites (tertiary alicyclic amines) is 2. The molecule has 0 aromatic heterocycles. The van der Waals surface area contributed by atoms with Gasteiger partial charge in [-0.15, -0.1) is 0 Å². The van der Waals surface area contributed by atoms with Gasteiger partial charge in [-0.3, -0.25) is 14.5 Å². The molecule has 0 aliphatic carbocycles. The van der Waals surface area contributed by atoms with E-state index in [-0.39, 0.29) is 24.6 Å². The van der Waals surface area contributed by atoms with Gasteiger partial charge in [-0.25, -0.2) is 4.79 Å². The number of methoxy groups -OCH3 is 1. The van der Waals surface area contributed by atoms with Gasteiger partial charge in [0.1, 0.15) is 11.9 Å². The molecule has 3 aliphatic rings. The number of carbonyl (C=O) groups is 3. The van der Waals surface area contributed by atoms with Crippen molar-refractivity contribution in [3.8, 4) is 5.75 Å². The minimum Gasteiger partial charge on any atom is -0.497 e. The summed E-state index contributed by atoms with van der Waals surface area (Å²) in [6.45, 7) is 5.92. The number of nitrogens with one attached hydrogen (secondary N) is 1. The first-order chi connectivity index (χ1) is 15.4. The number of carbonyl (C=O) groups excluding carboxylic acids is 2. The van der Waals surface area contributed by atoms with Crippen molar-refractivity contribution in [3.63, 3.8) is 0 Å². The number of carboxylic acid groups (broad SMARTS) is 1. The summed E-state index contributed by atoms with van der Waals surface area (Å²) in [5.41, 5.74) is 1.33. The number of rotatable bonds is 4. The van der Waals surface area contributed by atoms with Crippen LogP contribution in [-0.2, 0) is 14.3 Å². The fraction of sp³-hybridized carbons (Fsp3) is 0.609. The van der Waals surface area contributed by atoms with E-state index in [4.69, 9.17) is 19.4 Å². The van der Waals surface area contributed by atoms with Crippen LogP contribution in [0.3, 0.4) is 0 Å². The van der Waals surface area contributed by atoms with Crippen molar-refractivity contribution in [3.05, 3.63) is 23.8 Å². The van der Waals surface area contributed by atoms with Crippen molar-refractivity contribution in [2.45, 2.75) is 45.1 Å². The van der Waals surface area contributed by atoms with Crippen LogP contribution in [0.25, 0.3) is 0 Å². The lowest BCUT2D eigenvalue weighted by Gasteiger charge is -2.36. The van der Waals surface area contributed by atoms with Gasteiger partial charge >= 0.3 is 12.0 Å². The average Bonchev–Trinajstić information content (AvgIpc) is 3.39. The number of nitrogens with zero attached hydrogens (tertiary/aromatic N) is 2. The lowest BCUT2D eigenvalue weighted by molar-refractivity contribution is -0.150. The molecule has 0 radical (unpaired) electrons. The van der Waals surface area contributed by atoms with E-state index in [1.54, 1.807) is 12.0 Å². The number of hydrogen-bond acceptors (Lipinski definition) is 6. The molecule has 1 aromatic rings. The third kappa shape index (κ3) is 5.51. The smallest absolute Gasteiger partial charge is 0.321 e. The highest BCUT2D eigenvalue weighted by atomic mass is 16.6. The molecule has 0 saturated carbocycles. The zero-order valence-corrected chi connectivity index (χ0v) is 18.8. The second-order valence-electron chi connectivity index (χ2n) is 8.72. The van der Waals surface area contributed by atoms with Gasteiger partial charge in [0.25, 0.3) is 6.47 Å². The van der Waals surface area contributed by atoms with Gasteiger partial charge in [0.15, 0.2) is 0 Å². The first-order valence-corrected chi connectivity index (χ1v) is 11.1. The molecule has 1 aromatic carbocycles. The molecular formula is C23H33N3O6. The molecule has 4 rings (SSSR count). The first-order valence-electron chi connectivity index (χ1n) is 11.1. The Morgan fingerprint density at radius 2 is 1.94 bits per heavy atom. The maximum atomic E-state index is 12.7. The number of esters is 1. The predicted octanol–water partition coefficient (Wildman–Crippen LogP) is 2.73. The molecule has 2 N–H and O–H groups in total. The van der Waals surface area contributed by atoms with Crippen LogP contribution in [0.15, 0.2) is 18.2 Å². The number of piperidine rings is 1. The van der Waals surface area contributed by atoms with Crippen LogP contribution in [0.1, 0.15) is 37.7 Å². The molecule has 1 spiro atoms. The van der Waals surface area contributed by atoms with E-state index < -0.39 is 5.41 Å². The maximum Gasteiger partial charge on any atom is 0.321 e. The van der Waals surface area contributed by atoms with Crippen LogP contribution >= 0.6 is 0 Å². The summed E-state index contributed by atoms with van der Waals surface area (Å²) in [4.78, 5) is 37.9. The minimum atomic E-state index is -0.406. The Hall–Kier alpha value is -2.81. The Labute approximate surface area is 188 Å². The zero-order valence-electron chi connectivity index (χ0n) is 18.8. The Bertz CT molecular complexity index is 816. The molecule has 1 unspecified atom stereocenters. The number of anilines is 1. The second kappa shape index (κ2) is 10.7. The van der Waals surface area contributed by atoms with Crippen LogP contribution in [-0.4, -0.2) is 79.3 Å². The third-order valence-corrected chi connectivity index (χ3v) is 6.67. The SMILES string of the molecule is COc1ccc(NC(=O)N2CCC3(CC2)CC(CN2CCCC2)OC3=O)c(C)c1.O=CO. The fourth-order valence-electron chi connectivity index (χ4n) is 4.84. The molecular weight excluding hydrogens is 414 g/mol. The number of benzene rings is 1. The quantitative estimate of drug-likeness (QED) is 0.540. The van der Waals surface area contributed by atoms with Crippen molar-refractivity contribution in [2.24, 2.45) is 5.41 Å². The number of cyclic esters (lactones) is 1. The molecule has 3 aliphatic heterocycles. The zero-order chi connectivity index (χ0) is 23.1. The van der Waals surface area contributed by atoms with Crippen molar-refractivity contribution < 1.29 is 29.0 Å². The van der Waals surface area contributed by atoms with E-state index >= 15 is 0 Å². The largest absolute Gasteiger partial charge is 0.497 e. The van der Waals surface area contributed by atoms with Crippen LogP contribution in [0.2, 0.25) is 0 Å². The molecule has 3 heterocycles. The van der Waals surface area contributed by atoms with E-state index in [1.165, 1.54) is 12.8 Å². The summed E-state index contributed by atoms with van der Waals surface area (Å²) in [6, 6.07) is 5.47. The highest BCUT2D eigenvalue weighted by Crippen LogP contribution is 2.43. The average molecular weight is 448 g/mol. The van der Waals surface area contributed by atoms with E-state index in [9.17, 15) is 9.59 Å². The number of urea groups is 1. The van der Waals surface area contributed by atoms with E-state index in [1.807, 2.05) is 25.1 Å². The van der Waals surface area contributed by atoms with Gasteiger partial charge in [0.05, 0.1) is 12.5 Å². The maximum absolute atomic E-state index is 12.7. The van der Waals surface area contributed by atoms with Crippen molar-refractivity contribution in [1.82, 2.24) is 9.80 Å². The first kappa shape index (κ1) is 23.8. The summed E-state index contributed by atoms with van der Waals surface area (Å²) < 4.78 is 10.9. The van der Waals surface area contributed by atoms with Crippen LogP contribution in [0.5, 0.6) is 5.75 Å². The molecule has 9 nitrogen and oxygen atoms in total. The Balaban J connectivity index is 0.000000913. The summed E-state index contributed by atoms with van der Waals surface area (Å²) in [6.07, 6.45) is 4.62. The predicted molar refractivity (Wildman–Crippen MR) is 119 cm³/mol. The topological polar surface area (TPSA) is 108 Å². The molecule has 3 fully saturated rings. The van der Waals surface area contributed by atoms with E-state index in [0.717, 1.165) is 43.1 Å². The lowest BCUT2D eigenvalue weighted by atomic mass is 9.76. The number of amides is 2. The Morgan fingerprint density at radius 1 is 1.28 bits per heavy atom. The second-order valence-corrected chi connectivity index (χ2v) is 8.72. The van der Waals surface area contributed by atoms with E-state index in [0.29, 0.717) is 25.9 Å². The minimum absolute atomic E-state index is 0.00271. The lowest BCUT2D eigenvalue weighted by Crippen LogP contribution is -2.46. The van der Waals surface area contributed by atoms with Crippen LogP contribution in [0.4, 0.5) is 10.5 Å². The standard InChI is InChI=1S/C22H31N3O4.CH2O2/c1-16-13-17(28-2)5-6-19(16)23-21(27)25-11-7-22(8-12-25)14-18(29-20(22)26)15-24-9-3-4-10-24;2-1-3/h5-6,13,18H,3-4,7-12,14-15H2,1-2H3,(H,23,27);1H,(H,2,3). The monoisotopic (exact) mass is 447 g/mol. The van der Waals surface area contributed by atoms with Crippen LogP contribution < -0.4 is 10.1 Å². The Morgan fingerprint density at radius 3 is 2.53 bits per heavy atom. The third-order valence-electron chi connectivity index (χ3n) is 6.67. The highest BCUT2D eigenvalue weighted by molar-refractivity contribution is 5.90. The Kier molecular flexibility index (Phi) is 7.95. The molecule has 1 atom stereocenters. The molecule has 176 valence electrons. The fourth-order valence-corrected chi connectivity index (χ4v) is 4.84. The van der Waals surface area contributed by atoms with Crippen molar-refractivity contribution >= 4 is 24.2 Å². The van der Waals surface area contributed by atoms with Gasteiger partial charge in [-0.1, -0.05) is 0 Å². The molecule has 2 amide bonds. The highest BCUT2D eigenvalue weighted by Gasteiger charge is 2.51. The van der Waals surface area contributed by atoms with Crippen molar-refractivity contribution in [2.75, 3.05) is 45.2 Å². The van der Waals surface area contributed by atoms with Gasteiger partial charge in [0.2, 0.25) is 0 Å². The molecule has 9 heteroatoms. The van der Waals surface area contributed by atoms with Crippen molar-refractivity contribution in [1.29, 1.82) is 0 Å². The number of ether oxygens (including phenoxy) is 2. The summed E-state index contributed by atoms with van der Waals surface area (Å²) in [7, 11) is 1.63. The summed E-state index contributed by atoms with van der Waals surface area (Å²) in [5.74, 6) is 0.705. The van der Waals surface area contributed by atoms with E-state index in [2.05, 4.69) is 10.2 Å². The normalized spacial score (nSPS) is 22.1. The van der Waals surface area contributed by atoms with Gasteiger partial charge in [-0.05, 0) is 69.5 Å². The molecule has 32 heavy (non-hydrogen) atoms. The summed E-state index contributed by atoms with van der Waals surface area (Å²) >= 11 is 0.